The summed E-state index contributed by atoms with van der Waals surface area (Å²) in [4.78, 5) is 50.9. The predicted molar refractivity (Wildman–Crippen MR) is 117 cm³/mol. The van der Waals surface area contributed by atoms with E-state index in [-0.39, 0.29) is 23.9 Å². The van der Waals surface area contributed by atoms with Crippen LogP contribution >= 0.6 is 0 Å². The number of anilines is 1. The van der Waals surface area contributed by atoms with Crippen molar-refractivity contribution in [1.29, 1.82) is 0 Å². The molecule has 1 saturated carbocycles. The number of benzene rings is 2. The van der Waals surface area contributed by atoms with Gasteiger partial charge in [0.05, 0.1) is 11.1 Å². The van der Waals surface area contributed by atoms with Crippen molar-refractivity contribution in [3.63, 3.8) is 0 Å². The largest absolute Gasteiger partial charge is 0.381 e. The SMILES string of the molecule is NC1(c2cccc(NCc3cccc4c3C(=O)N(C3CCC(=O)NC3=O)C4=O)c2)CCC1. The molecule has 2 fully saturated rings. The number of hydrogen-bond donors (Lipinski definition) is 3. The van der Waals surface area contributed by atoms with Crippen molar-refractivity contribution in [2.75, 3.05) is 5.32 Å². The molecule has 1 unspecified atom stereocenters. The summed E-state index contributed by atoms with van der Waals surface area (Å²) >= 11 is 0. The van der Waals surface area contributed by atoms with Crippen molar-refractivity contribution < 1.29 is 19.2 Å². The van der Waals surface area contributed by atoms with Gasteiger partial charge in [-0.1, -0.05) is 24.3 Å². The Morgan fingerprint density at radius 3 is 2.56 bits per heavy atom. The van der Waals surface area contributed by atoms with Crippen LogP contribution in [0.1, 0.15) is 63.9 Å². The Hall–Kier alpha value is -3.52. The van der Waals surface area contributed by atoms with Crippen LogP contribution in [0.3, 0.4) is 0 Å². The number of rotatable bonds is 5. The Bertz CT molecular complexity index is 1150. The van der Waals surface area contributed by atoms with Crippen LogP contribution in [0.4, 0.5) is 5.69 Å². The Morgan fingerprint density at radius 2 is 1.84 bits per heavy atom. The molecule has 8 heteroatoms. The van der Waals surface area contributed by atoms with Gasteiger partial charge in [0.25, 0.3) is 11.8 Å². The molecule has 1 aliphatic carbocycles. The molecule has 1 atom stereocenters. The minimum Gasteiger partial charge on any atom is -0.381 e. The van der Waals surface area contributed by atoms with Crippen LogP contribution in [0.15, 0.2) is 42.5 Å². The zero-order chi connectivity index (χ0) is 22.5. The van der Waals surface area contributed by atoms with E-state index < -0.39 is 29.7 Å². The van der Waals surface area contributed by atoms with Gasteiger partial charge in [-0.3, -0.25) is 29.4 Å². The van der Waals surface area contributed by atoms with Crippen molar-refractivity contribution in [3.05, 3.63) is 64.7 Å². The second kappa shape index (κ2) is 7.56. The molecule has 4 N–H and O–H groups in total. The molecule has 5 rings (SSSR count). The van der Waals surface area contributed by atoms with Gasteiger partial charge in [0, 0.05) is 24.2 Å². The molecule has 0 spiro atoms. The molecule has 2 aromatic carbocycles. The lowest BCUT2D eigenvalue weighted by Gasteiger charge is -2.38. The van der Waals surface area contributed by atoms with Crippen LogP contribution in [-0.4, -0.2) is 34.6 Å². The summed E-state index contributed by atoms with van der Waals surface area (Å²) in [7, 11) is 0. The number of carbonyl (C=O) groups is 4. The molecule has 8 nitrogen and oxygen atoms in total. The van der Waals surface area contributed by atoms with Gasteiger partial charge in [0.15, 0.2) is 0 Å². The van der Waals surface area contributed by atoms with Gasteiger partial charge >= 0.3 is 0 Å². The molecule has 2 heterocycles. The Morgan fingerprint density at radius 1 is 1.06 bits per heavy atom. The summed E-state index contributed by atoms with van der Waals surface area (Å²) in [5.74, 6) is -2.01. The quantitative estimate of drug-likeness (QED) is 0.622. The van der Waals surface area contributed by atoms with E-state index in [0.29, 0.717) is 17.7 Å². The highest BCUT2D eigenvalue weighted by Crippen LogP contribution is 2.39. The molecule has 0 aromatic heterocycles. The Balaban J connectivity index is 1.37. The highest BCUT2D eigenvalue weighted by atomic mass is 16.2. The summed E-state index contributed by atoms with van der Waals surface area (Å²) in [6, 6.07) is 12.1. The smallest absolute Gasteiger partial charge is 0.262 e. The maximum Gasteiger partial charge on any atom is 0.262 e. The van der Waals surface area contributed by atoms with Gasteiger partial charge in [-0.25, -0.2) is 0 Å². The van der Waals surface area contributed by atoms with E-state index in [2.05, 4.69) is 10.6 Å². The number of piperidine rings is 1. The molecular weight excluding hydrogens is 408 g/mol. The first-order valence-electron chi connectivity index (χ1n) is 10.8. The van der Waals surface area contributed by atoms with E-state index in [1.165, 1.54) is 0 Å². The second-order valence-corrected chi connectivity index (χ2v) is 8.73. The zero-order valence-corrected chi connectivity index (χ0v) is 17.5. The molecule has 4 amide bonds. The van der Waals surface area contributed by atoms with Crippen molar-refractivity contribution in [1.82, 2.24) is 10.2 Å². The number of amides is 4. The number of imide groups is 2. The minimum absolute atomic E-state index is 0.0944. The number of fused-ring (bicyclic) bond motifs is 1. The number of nitrogens with one attached hydrogen (secondary N) is 2. The van der Waals surface area contributed by atoms with Gasteiger partial charge in [0.2, 0.25) is 11.8 Å². The molecule has 164 valence electrons. The third-order valence-electron chi connectivity index (χ3n) is 6.72. The van der Waals surface area contributed by atoms with E-state index in [4.69, 9.17) is 5.73 Å². The summed E-state index contributed by atoms with van der Waals surface area (Å²) in [6.07, 6.45) is 3.30. The second-order valence-electron chi connectivity index (χ2n) is 8.73. The topological polar surface area (TPSA) is 122 Å². The Kier molecular flexibility index (Phi) is 4.82. The molecule has 0 radical (unpaired) electrons. The fourth-order valence-corrected chi connectivity index (χ4v) is 4.71. The first kappa shape index (κ1) is 20.4. The van der Waals surface area contributed by atoms with Gasteiger partial charge in [-0.2, -0.15) is 0 Å². The zero-order valence-electron chi connectivity index (χ0n) is 17.5. The van der Waals surface area contributed by atoms with Gasteiger partial charge in [-0.15, -0.1) is 0 Å². The lowest BCUT2D eigenvalue weighted by molar-refractivity contribution is -0.136. The summed E-state index contributed by atoms with van der Waals surface area (Å²) < 4.78 is 0. The first-order chi connectivity index (χ1) is 15.4. The van der Waals surface area contributed by atoms with Crippen molar-refractivity contribution in [2.24, 2.45) is 5.73 Å². The number of nitrogens with zero attached hydrogens (tertiary/aromatic N) is 1. The van der Waals surface area contributed by atoms with Gasteiger partial charge in [0.1, 0.15) is 6.04 Å². The highest BCUT2D eigenvalue weighted by Gasteiger charge is 2.45. The first-order valence-corrected chi connectivity index (χ1v) is 10.8. The summed E-state index contributed by atoms with van der Waals surface area (Å²) in [6.45, 7) is 0.340. The fraction of sp³-hybridized carbons (Fsp3) is 0.333. The lowest BCUT2D eigenvalue weighted by atomic mass is 9.73. The lowest BCUT2D eigenvalue weighted by Crippen LogP contribution is -2.54. The van der Waals surface area contributed by atoms with E-state index >= 15 is 0 Å². The van der Waals surface area contributed by atoms with E-state index in [1.807, 2.05) is 24.3 Å². The van der Waals surface area contributed by atoms with Crippen LogP contribution in [0, 0.1) is 0 Å². The van der Waals surface area contributed by atoms with Crippen LogP contribution in [0.2, 0.25) is 0 Å². The molecule has 3 aliphatic rings. The summed E-state index contributed by atoms with van der Waals surface area (Å²) in [5, 5.41) is 5.55. The number of hydrogen-bond acceptors (Lipinski definition) is 6. The van der Waals surface area contributed by atoms with Crippen molar-refractivity contribution in [3.8, 4) is 0 Å². The van der Waals surface area contributed by atoms with Crippen molar-refractivity contribution >= 4 is 29.3 Å². The average molecular weight is 432 g/mol. The average Bonchev–Trinajstić information content (AvgIpc) is 3.02. The molecule has 1 saturated heterocycles. The maximum atomic E-state index is 13.2. The molecule has 0 bridgehead atoms. The third kappa shape index (κ3) is 3.27. The monoisotopic (exact) mass is 432 g/mol. The molecule has 2 aromatic rings. The van der Waals surface area contributed by atoms with Crippen LogP contribution in [0.25, 0.3) is 0 Å². The van der Waals surface area contributed by atoms with E-state index in [1.54, 1.807) is 18.2 Å². The van der Waals surface area contributed by atoms with Crippen molar-refractivity contribution in [2.45, 2.75) is 50.2 Å². The maximum absolute atomic E-state index is 13.2. The van der Waals surface area contributed by atoms with E-state index in [0.717, 1.165) is 35.4 Å². The number of carbonyl (C=O) groups excluding carboxylic acids is 4. The van der Waals surface area contributed by atoms with Crippen LogP contribution < -0.4 is 16.4 Å². The number of nitrogens with two attached hydrogens (primary N) is 1. The summed E-state index contributed by atoms with van der Waals surface area (Å²) in [5.41, 5.74) is 9.41. The van der Waals surface area contributed by atoms with Crippen LogP contribution in [-0.2, 0) is 21.7 Å². The predicted octanol–water partition coefficient (Wildman–Crippen LogP) is 2.04. The third-order valence-corrected chi connectivity index (χ3v) is 6.72. The standard InChI is InChI=1S/C24H24N4O4/c25-24(10-3-11-24)15-5-2-6-16(12-15)26-13-14-4-1-7-17-20(14)23(32)28(22(17)31)18-8-9-19(29)27-21(18)30/h1-2,4-7,12,18,26H,3,8-11,13,25H2,(H,27,29,30). The fourth-order valence-electron chi connectivity index (χ4n) is 4.71. The van der Waals surface area contributed by atoms with Gasteiger partial charge in [-0.05, 0) is 55.0 Å². The minimum atomic E-state index is -0.971. The Labute approximate surface area is 185 Å². The molecular formula is C24H24N4O4. The molecule has 32 heavy (non-hydrogen) atoms. The highest BCUT2D eigenvalue weighted by molar-refractivity contribution is 6.24. The molecule has 2 aliphatic heterocycles. The van der Waals surface area contributed by atoms with Gasteiger partial charge < -0.3 is 11.1 Å². The van der Waals surface area contributed by atoms with E-state index in [9.17, 15) is 19.2 Å². The normalized spacial score (nSPS) is 21.8. The van der Waals surface area contributed by atoms with Crippen LogP contribution in [0.5, 0.6) is 0 Å².